The van der Waals surface area contributed by atoms with E-state index in [2.05, 4.69) is 10.3 Å². The first-order valence-electron chi connectivity index (χ1n) is 5.29. The average Bonchev–Trinajstić information content (AvgIpc) is 2.32. The second-order valence-electron chi connectivity index (χ2n) is 3.75. The third kappa shape index (κ3) is 3.11. The van der Waals surface area contributed by atoms with Crippen LogP contribution in [0.25, 0.3) is 0 Å². The van der Waals surface area contributed by atoms with Crippen LogP contribution in [-0.2, 0) is 0 Å². The van der Waals surface area contributed by atoms with Gasteiger partial charge in [-0.3, -0.25) is 0 Å². The maximum absolute atomic E-state index is 6.04. The second kappa shape index (κ2) is 5.39. The Morgan fingerprint density at radius 3 is 2.71 bits per heavy atom. The van der Waals surface area contributed by atoms with Crippen molar-refractivity contribution in [2.75, 3.05) is 5.32 Å². The maximum Gasteiger partial charge on any atom is 0.145 e. The Bertz CT molecular complexity index is 514. The minimum atomic E-state index is 0.0982. The van der Waals surface area contributed by atoms with Gasteiger partial charge in [0.1, 0.15) is 5.82 Å². The molecule has 0 fully saturated rings. The van der Waals surface area contributed by atoms with Gasteiger partial charge in [-0.2, -0.15) is 0 Å². The van der Waals surface area contributed by atoms with Gasteiger partial charge in [0.25, 0.3) is 0 Å². The molecule has 0 saturated heterocycles. The van der Waals surface area contributed by atoms with E-state index in [1.165, 1.54) is 0 Å². The summed E-state index contributed by atoms with van der Waals surface area (Å²) in [6, 6.07) is 11.4. The Morgan fingerprint density at radius 1 is 1.18 bits per heavy atom. The number of pyridine rings is 1. The first kappa shape index (κ1) is 12.2. The third-order valence-corrected chi connectivity index (χ3v) is 3.00. The molecule has 0 radical (unpaired) electrons. The monoisotopic (exact) mass is 266 g/mol. The predicted molar refractivity (Wildman–Crippen MR) is 72.7 cm³/mol. The van der Waals surface area contributed by atoms with E-state index in [0.29, 0.717) is 10.8 Å². The molecule has 2 aromatic rings. The van der Waals surface area contributed by atoms with E-state index in [9.17, 15) is 0 Å². The molecule has 0 aliphatic carbocycles. The average molecular weight is 267 g/mol. The Kier molecular flexibility index (Phi) is 3.87. The van der Waals surface area contributed by atoms with E-state index >= 15 is 0 Å². The second-order valence-corrected chi connectivity index (χ2v) is 4.60. The molecule has 1 atom stereocenters. The van der Waals surface area contributed by atoms with Crippen molar-refractivity contribution in [1.82, 2.24) is 4.98 Å². The Morgan fingerprint density at radius 2 is 2.00 bits per heavy atom. The predicted octanol–water partition coefficient (Wildman–Crippen LogP) is 4.56. The Hall–Kier alpha value is -1.25. The van der Waals surface area contributed by atoms with Gasteiger partial charge in [0.05, 0.1) is 11.1 Å². The molecular formula is C13H12Cl2N2. The highest BCUT2D eigenvalue weighted by Gasteiger charge is 2.08. The molecule has 1 N–H and O–H groups in total. The van der Waals surface area contributed by atoms with Crippen molar-refractivity contribution >= 4 is 29.0 Å². The van der Waals surface area contributed by atoms with Crippen LogP contribution in [0.5, 0.6) is 0 Å². The topological polar surface area (TPSA) is 24.9 Å². The number of aromatic nitrogens is 1. The van der Waals surface area contributed by atoms with E-state index in [1.807, 2.05) is 37.3 Å². The van der Waals surface area contributed by atoms with Crippen molar-refractivity contribution in [2.24, 2.45) is 0 Å². The smallest absolute Gasteiger partial charge is 0.145 e. The minimum Gasteiger partial charge on any atom is -0.362 e. The number of benzene rings is 1. The van der Waals surface area contributed by atoms with Crippen LogP contribution < -0.4 is 5.32 Å². The van der Waals surface area contributed by atoms with Crippen molar-refractivity contribution < 1.29 is 0 Å². The number of nitrogens with zero attached hydrogens (tertiary/aromatic N) is 1. The van der Waals surface area contributed by atoms with Gasteiger partial charge in [0, 0.05) is 11.2 Å². The summed E-state index contributed by atoms with van der Waals surface area (Å²) in [5.74, 6) is 0.682. The van der Waals surface area contributed by atoms with Gasteiger partial charge < -0.3 is 5.32 Å². The van der Waals surface area contributed by atoms with Crippen LogP contribution >= 0.6 is 23.2 Å². The third-order valence-electron chi connectivity index (χ3n) is 2.46. The summed E-state index contributed by atoms with van der Waals surface area (Å²) in [5.41, 5.74) is 1.10. The number of anilines is 1. The lowest BCUT2D eigenvalue weighted by Crippen LogP contribution is -2.08. The molecular weight excluding hydrogens is 255 g/mol. The van der Waals surface area contributed by atoms with E-state index in [4.69, 9.17) is 23.2 Å². The van der Waals surface area contributed by atoms with E-state index in [-0.39, 0.29) is 6.04 Å². The molecule has 2 nitrogen and oxygen atoms in total. The lowest BCUT2D eigenvalue weighted by molar-refractivity contribution is 0.875. The summed E-state index contributed by atoms with van der Waals surface area (Å²) in [4.78, 5) is 4.19. The molecule has 0 saturated carbocycles. The fourth-order valence-electron chi connectivity index (χ4n) is 1.56. The molecule has 0 aliphatic heterocycles. The summed E-state index contributed by atoms with van der Waals surface area (Å²) in [5, 5.41) is 4.59. The number of rotatable bonds is 3. The van der Waals surface area contributed by atoms with Gasteiger partial charge >= 0.3 is 0 Å². The zero-order valence-corrected chi connectivity index (χ0v) is 10.8. The lowest BCUT2D eigenvalue weighted by atomic mass is 10.1. The van der Waals surface area contributed by atoms with E-state index in [0.717, 1.165) is 10.6 Å². The zero-order chi connectivity index (χ0) is 12.3. The van der Waals surface area contributed by atoms with Crippen molar-refractivity contribution in [2.45, 2.75) is 13.0 Å². The summed E-state index contributed by atoms with van der Waals surface area (Å²) >= 11 is 12.0. The SMILES string of the molecule is CC(Nc1ncccc1Cl)c1cccc(Cl)c1. The molecule has 2 rings (SSSR count). The largest absolute Gasteiger partial charge is 0.362 e. The molecule has 1 heterocycles. The molecule has 0 aliphatic rings. The number of halogens is 2. The zero-order valence-electron chi connectivity index (χ0n) is 9.32. The van der Waals surface area contributed by atoms with Crippen molar-refractivity contribution in [3.63, 3.8) is 0 Å². The van der Waals surface area contributed by atoms with Crippen molar-refractivity contribution in [3.05, 3.63) is 58.2 Å². The summed E-state index contributed by atoms with van der Waals surface area (Å²) < 4.78 is 0. The number of hydrogen-bond acceptors (Lipinski definition) is 2. The molecule has 1 aromatic heterocycles. The van der Waals surface area contributed by atoms with Crippen LogP contribution in [0.15, 0.2) is 42.6 Å². The van der Waals surface area contributed by atoms with Crippen LogP contribution in [0.2, 0.25) is 10.0 Å². The molecule has 4 heteroatoms. The van der Waals surface area contributed by atoms with Gasteiger partial charge in [0.2, 0.25) is 0 Å². The normalized spacial score (nSPS) is 12.2. The molecule has 1 aromatic carbocycles. The quantitative estimate of drug-likeness (QED) is 0.881. The molecule has 0 bridgehead atoms. The number of nitrogens with one attached hydrogen (secondary N) is 1. The Labute approximate surface area is 111 Å². The van der Waals surface area contributed by atoms with Crippen LogP contribution in [-0.4, -0.2) is 4.98 Å². The minimum absolute atomic E-state index is 0.0982. The highest BCUT2D eigenvalue weighted by Crippen LogP contribution is 2.24. The Balaban J connectivity index is 2.17. The van der Waals surface area contributed by atoms with E-state index < -0.39 is 0 Å². The van der Waals surface area contributed by atoms with Crippen LogP contribution in [0, 0.1) is 0 Å². The van der Waals surface area contributed by atoms with Gasteiger partial charge in [0.15, 0.2) is 0 Å². The standard InChI is InChI=1S/C13H12Cl2N2/c1-9(10-4-2-5-11(14)8-10)17-13-12(15)6-3-7-16-13/h2-9H,1H3,(H,16,17). The summed E-state index contributed by atoms with van der Waals surface area (Å²) in [6.45, 7) is 2.04. The highest BCUT2D eigenvalue weighted by atomic mass is 35.5. The van der Waals surface area contributed by atoms with Gasteiger partial charge in [-0.05, 0) is 36.8 Å². The first-order chi connectivity index (χ1) is 8.16. The molecule has 88 valence electrons. The highest BCUT2D eigenvalue weighted by molar-refractivity contribution is 6.32. The molecule has 1 unspecified atom stereocenters. The van der Waals surface area contributed by atoms with Crippen LogP contribution in [0.4, 0.5) is 5.82 Å². The summed E-state index contributed by atoms with van der Waals surface area (Å²) in [6.07, 6.45) is 1.71. The van der Waals surface area contributed by atoms with Gasteiger partial charge in [-0.1, -0.05) is 35.3 Å². The van der Waals surface area contributed by atoms with E-state index in [1.54, 1.807) is 12.3 Å². The summed E-state index contributed by atoms with van der Waals surface area (Å²) in [7, 11) is 0. The van der Waals surface area contributed by atoms with Crippen molar-refractivity contribution in [3.8, 4) is 0 Å². The van der Waals surface area contributed by atoms with Gasteiger partial charge in [-0.25, -0.2) is 4.98 Å². The number of hydrogen-bond donors (Lipinski definition) is 1. The fraction of sp³-hybridized carbons (Fsp3) is 0.154. The maximum atomic E-state index is 6.04. The molecule has 0 amide bonds. The lowest BCUT2D eigenvalue weighted by Gasteiger charge is -2.15. The van der Waals surface area contributed by atoms with Crippen molar-refractivity contribution in [1.29, 1.82) is 0 Å². The fourth-order valence-corrected chi connectivity index (χ4v) is 1.93. The first-order valence-corrected chi connectivity index (χ1v) is 6.05. The van der Waals surface area contributed by atoms with Gasteiger partial charge in [-0.15, -0.1) is 0 Å². The van der Waals surface area contributed by atoms with Crippen LogP contribution in [0.3, 0.4) is 0 Å². The van der Waals surface area contributed by atoms with Crippen LogP contribution in [0.1, 0.15) is 18.5 Å². The molecule has 0 spiro atoms. The molecule has 17 heavy (non-hydrogen) atoms.